The van der Waals surface area contributed by atoms with Crippen LogP contribution < -0.4 is 21.3 Å². The molecule has 0 saturated heterocycles. The van der Waals surface area contributed by atoms with E-state index in [4.69, 9.17) is 0 Å². The maximum atomic E-state index is 12.2. The van der Waals surface area contributed by atoms with Gasteiger partial charge >= 0.3 is 6.03 Å². The number of urea groups is 1. The maximum Gasteiger partial charge on any atom is 0.323 e. The van der Waals surface area contributed by atoms with E-state index in [0.29, 0.717) is 22.7 Å². The molecule has 0 spiro atoms. The van der Waals surface area contributed by atoms with Gasteiger partial charge in [-0.05, 0) is 54.1 Å². The van der Waals surface area contributed by atoms with Gasteiger partial charge in [0.15, 0.2) is 0 Å². The van der Waals surface area contributed by atoms with E-state index < -0.39 is 0 Å². The third-order valence-electron chi connectivity index (χ3n) is 4.10. The molecular formula is C23H22N4O3. The molecule has 4 N–H and O–H groups in total. The van der Waals surface area contributed by atoms with Crippen LogP contribution >= 0.6 is 0 Å². The topological polar surface area (TPSA) is 99.3 Å². The molecule has 0 aliphatic rings. The van der Waals surface area contributed by atoms with Crippen LogP contribution in [0.25, 0.3) is 0 Å². The Kier molecular flexibility index (Phi) is 6.78. The van der Waals surface area contributed by atoms with Crippen LogP contribution in [0.4, 0.5) is 27.5 Å². The van der Waals surface area contributed by atoms with Gasteiger partial charge in [0, 0.05) is 29.7 Å². The van der Waals surface area contributed by atoms with E-state index in [0.717, 1.165) is 5.56 Å². The first-order chi connectivity index (χ1) is 14.5. The first-order valence-electron chi connectivity index (χ1n) is 9.37. The van der Waals surface area contributed by atoms with Crippen LogP contribution in [0, 0.1) is 0 Å². The number of carbonyl (C=O) groups excluding carboxylic acids is 3. The largest absolute Gasteiger partial charge is 0.326 e. The Morgan fingerprint density at radius 1 is 0.600 bits per heavy atom. The Morgan fingerprint density at radius 2 is 1.07 bits per heavy atom. The fraction of sp³-hybridized carbons (Fsp3) is 0.0870. The lowest BCUT2D eigenvalue weighted by Crippen LogP contribution is -2.19. The summed E-state index contributed by atoms with van der Waals surface area (Å²) in [5.41, 5.74) is 3.45. The SMILES string of the molecule is CC(=O)Nc1ccc(CC(=O)Nc2ccc(NC(=O)Nc3ccccc3)cc2)cc1. The van der Waals surface area contributed by atoms with Gasteiger partial charge < -0.3 is 21.3 Å². The molecule has 0 heterocycles. The van der Waals surface area contributed by atoms with Gasteiger partial charge in [-0.25, -0.2) is 4.79 Å². The van der Waals surface area contributed by atoms with Crippen molar-refractivity contribution < 1.29 is 14.4 Å². The Bertz CT molecular complexity index is 1020. The summed E-state index contributed by atoms with van der Waals surface area (Å²) in [6.07, 6.45) is 0.208. The monoisotopic (exact) mass is 402 g/mol. The fourth-order valence-electron chi connectivity index (χ4n) is 2.75. The van der Waals surface area contributed by atoms with Gasteiger partial charge in [-0.15, -0.1) is 0 Å². The number of hydrogen-bond donors (Lipinski definition) is 4. The molecule has 0 atom stereocenters. The molecule has 0 aromatic heterocycles. The Labute approximate surface area is 174 Å². The Morgan fingerprint density at radius 3 is 1.63 bits per heavy atom. The zero-order chi connectivity index (χ0) is 21.3. The minimum atomic E-state index is -0.347. The number of hydrogen-bond acceptors (Lipinski definition) is 3. The van der Waals surface area contributed by atoms with Gasteiger partial charge in [0.25, 0.3) is 0 Å². The van der Waals surface area contributed by atoms with E-state index in [-0.39, 0.29) is 24.3 Å². The molecule has 7 heteroatoms. The molecule has 0 fully saturated rings. The van der Waals surface area contributed by atoms with Crippen molar-refractivity contribution in [2.24, 2.45) is 0 Å². The van der Waals surface area contributed by atoms with Crippen LogP contribution in [0.1, 0.15) is 12.5 Å². The predicted octanol–water partition coefficient (Wildman–Crippen LogP) is 4.47. The second-order valence-corrected chi connectivity index (χ2v) is 6.63. The van der Waals surface area contributed by atoms with Crippen molar-refractivity contribution in [3.05, 3.63) is 84.4 Å². The van der Waals surface area contributed by atoms with E-state index in [1.807, 2.05) is 18.2 Å². The Balaban J connectivity index is 1.49. The van der Waals surface area contributed by atoms with Crippen LogP contribution in [-0.4, -0.2) is 17.8 Å². The lowest BCUT2D eigenvalue weighted by atomic mass is 10.1. The van der Waals surface area contributed by atoms with Gasteiger partial charge in [-0.1, -0.05) is 30.3 Å². The molecule has 0 unspecified atom stereocenters. The van der Waals surface area contributed by atoms with Crippen molar-refractivity contribution in [1.82, 2.24) is 0 Å². The molecule has 152 valence electrons. The summed E-state index contributed by atoms with van der Waals surface area (Å²) in [6.45, 7) is 1.44. The molecule has 30 heavy (non-hydrogen) atoms. The first-order valence-corrected chi connectivity index (χ1v) is 9.37. The summed E-state index contributed by atoms with van der Waals surface area (Å²) in [4.78, 5) is 35.3. The highest BCUT2D eigenvalue weighted by Gasteiger charge is 2.06. The van der Waals surface area contributed by atoms with Crippen molar-refractivity contribution in [3.63, 3.8) is 0 Å². The predicted molar refractivity (Wildman–Crippen MR) is 119 cm³/mol. The van der Waals surface area contributed by atoms with E-state index in [1.54, 1.807) is 60.7 Å². The van der Waals surface area contributed by atoms with Gasteiger partial charge in [0.2, 0.25) is 11.8 Å². The average Bonchev–Trinajstić information content (AvgIpc) is 2.71. The lowest BCUT2D eigenvalue weighted by Gasteiger charge is -2.09. The van der Waals surface area contributed by atoms with Crippen molar-refractivity contribution >= 4 is 40.6 Å². The van der Waals surface area contributed by atoms with Crippen LogP contribution in [0.3, 0.4) is 0 Å². The maximum absolute atomic E-state index is 12.2. The number of para-hydroxylation sites is 1. The average molecular weight is 402 g/mol. The summed E-state index contributed by atoms with van der Waals surface area (Å²) in [7, 11) is 0. The van der Waals surface area contributed by atoms with Crippen molar-refractivity contribution in [2.75, 3.05) is 21.3 Å². The number of rotatable bonds is 6. The van der Waals surface area contributed by atoms with Crippen LogP contribution in [0.5, 0.6) is 0 Å². The molecule has 0 bridgehead atoms. The molecule has 3 aromatic carbocycles. The van der Waals surface area contributed by atoms with Gasteiger partial charge in [0.1, 0.15) is 0 Å². The van der Waals surface area contributed by atoms with Crippen molar-refractivity contribution in [3.8, 4) is 0 Å². The summed E-state index contributed by atoms with van der Waals surface area (Å²) in [5, 5.41) is 11.0. The minimum Gasteiger partial charge on any atom is -0.326 e. The minimum absolute atomic E-state index is 0.143. The molecule has 3 aromatic rings. The second kappa shape index (κ2) is 9.88. The van der Waals surface area contributed by atoms with Crippen LogP contribution in [-0.2, 0) is 16.0 Å². The second-order valence-electron chi connectivity index (χ2n) is 6.63. The molecule has 3 rings (SSSR count). The van der Waals surface area contributed by atoms with E-state index >= 15 is 0 Å². The molecule has 4 amide bonds. The van der Waals surface area contributed by atoms with E-state index in [1.165, 1.54) is 6.92 Å². The van der Waals surface area contributed by atoms with Gasteiger partial charge in [0.05, 0.1) is 6.42 Å². The third-order valence-corrected chi connectivity index (χ3v) is 4.10. The molecule has 7 nitrogen and oxygen atoms in total. The molecule has 0 aliphatic carbocycles. The van der Waals surface area contributed by atoms with Gasteiger partial charge in [-0.3, -0.25) is 9.59 Å². The van der Waals surface area contributed by atoms with Crippen LogP contribution in [0.2, 0.25) is 0 Å². The van der Waals surface area contributed by atoms with E-state index in [2.05, 4.69) is 21.3 Å². The lowest BCUT2D eigenvalue weighted by molar-refractivity contribution is -0.116. The fourth-order valence-corrected chi connectivity index (χ4v) is 2.75. The first kappa shape index (κ1) is 20.6. The van der Waals surface area contributed by atoms with Crippen molar-refractivity contribution in [1.29, 1.82) is 0 Å². The standard InChI is InChI=1S/C23H22N4O3/c1-16(28)24-19-9-7-17(8-10-19)15-22(29)25-20-11-13-21(14-12-20)27-23(30)26-18-5-3-2-4-6-18/h2-14H,15H2,1H3,(H,24,28)(H,25,29)(H2,26,27,30). The molecular weight excluding hydrogens is 380 g/mol. The zero-order valence-electron chi connectivity index (χ0n) is 16.4. The highest BCUT2D eigenvalue weighted by molar-refractivity contribution is 6.00. The third kappa shape index (κ3) is 6.49. The number of amides is 4. The highest BCUT2D eigenvalue weighted by Crippen LogP contribution is 2.16. The zero-order valence-corrected chi connectivity index (χ0v) is 16.4. The quantitative estimate of drug-likeness (QED) is 0.489. The molecule has 0 saturated carbocycles. The number of nitrogens with one attached hydrogen (secondary N) is 4. The number of carbonyl (C=O) groups is 3. The normalized spacial score (nSPS) is 10.0. The summed E-state index contributed by atoms with van der Waals surface area (Å²) >= 11 is 0. The molecule has 0 radical (unpaired) electrons. The smallest absolute Gasteiger partial charge is 0.323 e. The molecule has 0 aliphatic heterocycles. The highest BCUT2D eigenvalue weighted by atomic mass is 16.2. The van der Waals surface area contributed by atoms with Gasteiger partial charge in [-0.2, -0.15) is 0 Å². The summed E-state index contributed by atoms with van der Waals surface area (Å²) < 4.78 is 0. The Hall–Kier alpha value is -4.13. The number of anilines is 4. The summed E-state index contributed by atoms with van der Waals surface area (Å²) in [6, 6.07) is 22.8. The van der Waals surface area contributed by atoms with Crippen molar-refractivity contribution in [2.45, 2.75) is 13.3 Å². The summed E-state index contributed by atoms with van der Waals surface area (Å²) in [5.74, 6) is -0.305. The van der Waals surface area contributed by atoms with Crippen LogP contribution in [0.15, 0.2) is 78.9 Å². The van der Waals surface area contributed by atoms with E-state index in [9.17, 15) is 14.4 Å². The number of benzene rings is 3.